The molecule has 0 saturated carbocycles. The summed E-state index contributed by atoms with van der Waals surface area (Å²) in [5.74, 6) is 0. The summed E-state index contributed by atoms with van der Waals surface area (Å²) in [6.45, 7) is 0. The van der Waals surface area contributed by atoms with E-state index in [2.05, 4.69) is 6.07 Å². The van der Waals surface area contributed by atoms with Crippen LogP contribution in [-0.4, -0.2) is 29.6 Å². The van der Waals surface area contributed by atoms with Crippen molar-refractivity contribution < 1.29 is 4.79 Å². The van der Waals surface area contributed by atoms with Crippen molar-refractivity contribution in [3.8, 4) is 6.07 Å². The largest absolute Gasteiger partial charge is 0.330 e. The molecule has 2 rings (SSSR count). The van der Waals surface area contributed by atoms with E-state index in [9.17, 15) is 4.79 Å². The van der Waals surface area contributed by atoms with Crippen molar-refractivity contribution in [2.24, 2.45) is 0 Å². The number of fused-ring (bicyclic) bond motifs is 1. The van der Waals surface area contributed by atoms with E-state index >= 15 is 0 Å². The monoisotopic (exact) mass is 261 g/mol. The maximum Gasteiger partial charge on any atom is 0.328 e. The summed E-state index contributed by atoms with van der Waals surface area (Å²) in [5, 5.41) is 10.2. The predicted octanol–water partition coefficient (Wildman–Crippen LogP) is 2.89. The number of nitrogens with zero attached hydrogens (tertiary/aromatic N) is 3. The lowest BCUT2D eigenvalue weighted by Crippen LogP contribution is -2.26. The Balaban J connectivity index is 2.73. The second-order valence-corrected chi connectivity index (χ2v) is 4.58. The summed E-state index contributed by atoms with van der Waals surface area (Å²) in [5.41, 5.74) is 1.50. The van der Waals surface area contributed by atoms with Crippen molar-refractivity contribution in [1.82, 2.24) is 9.47 Å². The van der Waals surface area contributed by atoms with Gasteiger partial charge in [-0.05, 0) is 17.7 Å². The molecule has 0 bridgehead atoms. The first kappa shape index (κ1) is 12.5. The van der Waals surface area contributed by atoms with Gasteiger partial charge >= 0.3 is 6.03 Å². The molecule has 1 aromatic heterocycles. The molecular formula is C13H12ClN3O. The maximum atomic E-state index is 12.1. The van der Waals surface area contributed by atoms with Gasteiger partial charge < -0.3 is 4.90 Å². The van der Waals surface area contributed by atoms with Gasteiger partial charge in [-0.15, -0.1) is 0 Å². The molecule has 92 valence electrons. The Hall–Kier alpha value is -1.99. The smallest absolute Gasteiger partial charge is 0.328 e. The highest BCUT2D eigenvalue weighted by Gasteiger charge is 2.16. The molecule has 0 aliphatic heterocycles. The molecule has 18 heavy (non-hydrogen) atoms. The number of hydrogen-bond acceptors (Lipinski definition) is 2. The van der Waals surface area contributed by atoms with Gasteiger partial charge in [-0.25, -0.2) is 4.79 Å². The minimum atomic E-state index is -0.161. The molecule has 2 aromatic rings. The van der Waals surface area contributed by atoms with Crippen LogP contribution >= 0.6 is 11.6 Å². The van der Waals surface area contributed by atoms with Crippen LogP contribution in [0.2, 0.25) is 5.02 Å². The van der Waals surface area contributed by atoms with E-state index in [1.807, 2.05) is 6.07 Å². The molecule has 0 unspecified atom stereocenters. The number of hydrogen-bond donors (Lipinski definition) is 0. The minimum Gasteiger partial charge on any atom is -0.330 e. The standard InChI is InChI=1S/C13H12ClN3O/c1-16(2)13(18)17-8-9(6-7-15)12-10(14)4-3-5-11(12)17/h3-5,8H,6H2,1-2H3. The molecule has 0 fully saturated rings. The Morgan fingerprint density at radius 2 is 2.22 bits per heavy atom. The van der Waals surface area contributed by atoms with Crippen LogP contribution in [0.1, 0.15) is 5.56 Å². The maximum absolute atomic E-state index is 12.1. The van der Waals surface area contributed by atoms with E-state index in [0.29, 0.717) is 5.02 Å². The zero-order valence-electron chi connectivity index (χ0n) is 10.1. The fourth-order valence-electron chi connectivity index (χ4n) is 1.91. The van der Waals surface area contributed by atoms with Crippen LogP contribution in [0.3, 0.4) is 0 Å². The Kier molecular flexibility index (Phi) is 3.26. The predicted molar refractivity (Wildman–Crippen MR) is 70.7 cm³/mol. The number of nitriles is 1. The summed E-state index contributed by atoms with van der Waals surface area (Å²) >= 11 is 6.15. The summed E-state index contributed by atoms with van der Waals surface area (Å²) in [7, 11) is 3.37. The van der Waals surface area contributed by atoms with Crippen LogP contribution < -0.4 is 0 Å². The van der Waals surface area contributed by atoms with Crippen LogP contribution in [0.25, 0.3) is 10.9 Å². The number of halogens is 1. The Morgan fingerprint density at radius 1 is 1.50 bits per heavy atom. The number of amides is 1. The number of aromatic nitrogens is 1. The molecule has 0 aliphatic rings. The first-order valence-electron chi connectivity index (χ1n) is 5.43. The highest BCUT2D eigenvalue weighted by Crippen LogP contribution is 2.29. The van der Waals surface area contributed by atoms with Crippen LogP contribution in [-0.2, 0) is 6.42 Å². The molecule has 0 aliphatic carbocycles. The molecule has 1 heterocycles. The minimum absolute atomic E-state index is 0.161. The molecule has 5 heteroatoms. The van der Waals surface area contributed by atoms with Gasteiger partial charge in [0.05, 0.1) is 23.0 Å². The molecule has 4 nitrogen and oxygen atoms in total. The van der Waals surface area contributed by atoms with E-state index in [1.165, 1.54) is 9.47 Å². The zero-order chi connectivity index (χ0) is 13.3. The third-order valence-corrected chi connectivity index (χ3v) is 3.03. The zero-order valence-corrected chi connectivity index (χ0v) is 10.9. The molecular weight excluding hydrogens is 250 g/mol. The average Bonchev–Trinajstić information content (AvgIpc) is 2.69. The lowest BCUT2D eigenvalue weighted by molar-refractivity contribution is 0.220. The van der Waals surface area contributed by atoms with Crippen molar-refractivity contribution in [3.63, 3.8) is 0 Å². The topological polar surface area (TPSA) is 49.0 Å². The normalized spacial score (nSPS) is 10.3. The van der Waals surface area contributed by atoms with Crippen molar-refractivity contribution in [2.45, 2.75) is 6.42 Å². The number of rotatable bonds is 1. The Morgan fingerprint density at radius 3 is 2.83 bits per heavy atom. The third-order valence-electron chi connectivity index (χ3n) is 2.72. The van der Waals surface area contributed by atoms with Crippen LogP contribution in [0.15, 0.2) is 24.4 Å². The van der Waals surface area contributed by atoms with Crippen LogP contribution in [0, 0.1) is 11.3 Å². The van der Waals surface area contributed by atoms with E-state index in [4.69, 9.17) is 16.9 Å². The highest BCUT2D eigenvalue weighted by molar-refractivity contribution is 6.35. The van der Waals surface area contributed by atoms with Crippen molar-refractivity contribution in [3.05, 3.63) is 35.0 Å². The van der Waals surface area contributed by atoms with Gasteiger partial charge in [0, 0.05) is 25.7 Å². The van der Waals surface area contributed by atoms with Crippen LogP contribution in [0.5, 0.6) is 0 Å². The van der Waals surface area contributed by atoms with Crippen LogP contribution in [0.4, 0.5) is 4.79 Å². The molecule has 0 N–H and O–H groups in total. The second-order valence-electron chi connectivity index (χ2n) is 4.17. The number of carbonyl (C=O) groups is 1. The SMILES string of the molecule is CN(C)C(=O)n1cc(CC#N)c2c(Cl)cccc21. The fourth-order valence-corrected chi connectivity index (χ4v) is 2.21. The molecule has 0 radical (unpaired) electrons. The van der Waals surface area contributed by atoms with Gasteiger partial charge in [0.1, 0.15) is 0 Å². The summed E-state index contributed by atoms with van der Waals surface area (Å²) in [4.78, 5) is 13.5. The Labute approximate surface area is 110 Å². The first-order chi connectivity index (χ1) is 8.56. The number of carbonyl (C=O) groups excluding carboxylic acids is 1. The van der Waals surface area contributed by atoms with E-state index in [1.54, 1.807) is 32.4 Å². The average molecular weight is 262 g/mol. The molecule has 1 aromatic carbocycles. The summed E-state index contributed by atoms with van der Waals surface area (Å²) < 4.78 is 1.52. The van der Waals surface area contributed by atoms with Crippen molar-refractivity contribution in [2.75, 3.05) is 14.1 Å². The van der Waals surface area contributed by atoms with Gasteiger partial charge in [-0.2, -0.15) is 5.26 Å². The lowest BCUT2D eigenvalue weighted by atomic mass is 10.1. The van der Waals surface area contributed by atoms with E-state index < -0.39 is 0 Å². The van der Waals surface area contributed by atoms with Gasteiger partial charge in [0.25, 0.3) is 0 Å². The molecule has 0 spiro atoms. The van der Waals surface area contributed by atoms with Crippen molar-refractivity contribution >= 4 is 28.5 Å². The second kappa shape index (κ2) is 4.71. The van der Waals surface area contributed by atoms with E-state index in [0.717, 1.165) is 16.5 Å². The van der Waals surface area contributed by atoms with E-state index in [-0.39, 0.29) is 12.5 Å². The molecule has 0 atom stereocenters. The summed E-state index contributed by atoms with van der Waals surface area (Å²) in [6, 6.07) is 7.30. The van der Waals surface area contributed by atoms with Gasteiger partial charge in [0.15, 0.2) is 0 Å². The number of benzene rings is 1. The first-order valence-corrected chi connectivity index (χ1v) is 5.81. The van der Waals surface area contributed by atoms with Gasteiger partial charge in [-0.1, -0.05) is 17.7 Å². The quantitative estimate of drug-likeness (QED) is 0.792. The summed E-state index contributed by atoms with van der Waals surface area (Å²) in [6.07, 6.45) is 1.91. The fraction of sp³-hybridized carbons (Fsp3) is 0.231. The van der Waals surface area contributed by atoms with Gasteiger partial charge in [-0.3, -0.25) is 4.57 Å². The lowest BCUT2D eigenvalue weighted by Gasteiger charge is -2.11. The van der Waals surface area contributed by atoms with Crippen molar-refractivity contribution in [1.29, 1.82) is 5.26 Å². The highest BCUT2D eigenvalue weighted by atomic mass is 35.5. The molecule has 0 saturated heterocycles. The third kappa shape index (κ3) is 1.93. The van der Waals surface area contributed by atoms with Gasteiger partial charge in [0.2, 0.25) is 0 Å². The Bertz CT molecular complexity index is 652. The molecule has 1 amide bonds.